The van der Waals surface area contributed by atoms with E-state index in [0.717, 1.165) is 25.3 Å². The molecule has 4 rings (SSSR count). The van der Waals surface area contributed by atoms with Crippen LogP contribution >= 0.6 is 0 Å². The van der Waals surface area contributed by atoms with Gasteiger partial charge in [0.15, 0.2) is 11.5 Å². The molecule has 1 fully saturated rings. The molecule has 0 unspecified atom stereocenters. The van der Waals surface area contributed by atoms with Crippen LogP contribution in [0.25, 0.3) is 0 Å². The molecule has 1 amide bonds. The van der Waals surface area contributed by atoms with Crippen LogP contribution in [0.3, 0.4) is 0 Å². The fraction of sp³-hybridized carbons (Fsp3) is 0.316. The van der Waals surface area contributed by atoms with Gasteiger partial charge in [0.05, 0.1) is 7.11 Å². The van der Waals surface area contributed by atoms with E-state index in [4.69, 9.17) is 14.2 Å². The molecule has 5 heteroatoms. The van der Waals surface area contributed by atoms with E-state index in [2.05, 4.69) is 12.1 Å². The number of methoxy groups -OCH3 is 1. The van der Waals surface area contributed by atoms with Crippen LogP contribution in [0.4, 0.5) is 0 Å². The number of amides is 1. The van der Waals surface area contributed by atoms with E-state index in [9.17, 15) is 4.79 Å². The van der Waals surface area contributed by atoms with Crippen molar-refractivity contribution >= 4 is 5.91 Å². The van der Waals surface area contributed by atoms with Gasteiger partial charge >= 0.3 is 0 Å². The molecule has 24 heavy (non-hydrogen) atoms. The molecule has 1 saturated heterocycles. The number of carbonyl (C=O) groups excluding carboxylic acids is 1. The maximum Gasteiger partial charge on any atom is 0.254 e. The minimum absolute atomic E-state index is 0.0457. The number of carbonyl (C=O) groups is 1. The number of rotatable bonds is 3. The minimum atomic E-state index is 0.0457. The topological polar surface area (TPSA) is 48.0 Å². The summed E-state index contributed by atoms with van der Waals surface area (Å²) in [6.45, 7) is 1.72. The Morgan fingerprint density at radius 2 is 1.92 bits per heavy atom. The molecule has 124 valence electrons. The van der Waals surface area contributed by atoms with E-state index in [-0.39, 0.29) is 12.7 Å². The monoisotopic (exact) mass is 325 g/mol. The van der Waals surface area contributed by atoms with Gasteiger partial charge < -0.3 is 19.1 Å². The summed E-state index contributed by atoms with van der Waals surface area (Å²) in [5, 5.41) is 0. The third-order valence-electron chi connectivity index (χ3n) is 4.68. The van der Waals surface area contributed by atoms with Crippen LogP contribution in [0.2, 0.25) is 0 Å². The maximum absolute atomic E-state index is 12.7. The zero-order chi connectivity index (χ0) is 16.5. The summed E-state index contributed by atoms with van der Waals surface area (Å²) in [7, 11) is 1.66. The lowest BCUT2D eigenvalue weighted by Gasteiger charge is -2.17. The van der Waals surface area contributed by atoms with Crippen molar-refractivity contribution in [3.05, 3.63) is 53.6 Å². The van der Waals surface area contributed by atoms with Gasteiger partial charge in [0.25, 0.3) is 5.91 Å². The zero-order valence-electron chi connectivity index (χ0n) is 13.5. The van der Waals surface area contributed by atoms with Crippen molar-refractivity contribution in [2.45, 2.75) is 12.3 Å². The summed E-state index contributed by atoms with van der Waals surface area (Å²) in [6.07, 6.45) is 0.975. The normalized spacial score (nSPS) is 18.7. The average Bonchev–Trinajstić information content (AvgIpc) is 3.30. The molecule has 0 radical (unpaired) electrons. The van der Waals surface area contributed by atoms with Gasteiger partial charge in [-0.15, -0.1) is 0 Å². The predicted octanol–water partition coefficient (Wildman–Crippen LogP) is 3.05. The largest absolute Gasteiger partial charge is 0.497 e. The Hall–Kier alpha value is -2.69. The zero-order valence-corrected chi connectivity index (χ0v) is 13.5. The molecule has 0 N–H and O–H groups in total. The van der Waals surface area contributed by atoms with E-state index >= 15 is 0 Å². The summed E-state index contributed by atoms with van der Waals surface area (Å²) < 4.78 is 15.9. The second-order valence-corrected chi connectivity index (χ2v) is 6.08. The third-order valence-corrected chi connectivity index (χ3v) is 4.68. The van der Waals surface area contributed by atoms with Crippen molar-refractivity contribution in [2.75, 3.05) is 27.0 Å². The van der Waals surface area contributed by atoms with Crippen LogP contribution in [0, 0.1) is 0 Å². The van der Waals surface area contributed by atoms with Crippen molar-refractivity contribution in [2.24, 2.45) is 0 Å². The van der Waals surface area contributed by atoms with E-state index in [1.165, 1.54) is 5.56 Å². The van der Waals surface area contributed by atoms with Gasteiger partial charge in [-0.3, -0.25) is 4.79 Å². The number of likely N-dealkylation sites (tertiary alicyclic amines) is 1. The second-order valence-electron chi connectivity index (χ2n) is 6.08. The number of hydrogen-bond acceptors (Lipinski definition) is 4. The molecular formula is C19H19NO4. The number of ether oxygens (including phenoxy) is 3. The number of benzene rings is 2. The van der Waals surface area contributed by atoms with Gasteiger partial charge in [0.2, 0.25) is 6.79 Å². The number of nitrogens with zero attached hydrogens (tertiary/aromatic N) is 1. The van der Waals surface area contributed by atoms with Gasteiger partial charge in [-0.1, -0.05) is 12.1 Å². The smallest absolute Gasteiger partial charge is 0.254 e. The Labute approximate surface area is 140 Å². The van der Waals surface area contributed by atoms with E-state index < -0.39 is 0 Å². The first-order valence-corrected chi connectivity index (χ1v) is 8.07. The lowest BCUT2D eigenvalue weighted by atomic mass is 9.98. The molecule has 0 aliphatic carbocycles. The Morgan fingerprint density at radius 3 is 2.71 bits per heavy atom. The fourth-order valence-corrected chi connectivity index (χ4v) is 3.31. The van der Waals surface area contributed by atoms with Gasteiger partial charge in [-0.25, -0.2) is 0 Å². The Kier molecular flexibility index (Phi) is 3.76. The Morgan fingerprint density at radius 1 is 1.12 bits per heavy atom. The Balaban J connectivity index is 1.46. The number of fused-ring (bicyclic) bond motifs is 1. The van der Waals surface area contributed by atoms with Gasteiger partial charge in [-0.2, -0.15) is 0 Å². The lowest BCUT2D eigenvalue weighted by molar-refractivity contribution is 0.0790. The van der Waals surface area contributed by atoms with Gasteiger partial charge in [0, 0.05) is 24.6 Å². The third kappa shape index (κ3) is 2.66. The summed E-state index contributed by atoms with van der Waals surface area (Å²) in [5.41, 5.74) is 1.89. The van der Waals surface area contributed by atoms with Crippen LogP contribution in [0.1, 0.15) is 28.3 Å². The molecule has 2 aliphatic heterocycles. The van der Waals surface area contributed by atoms with Crippen molar-refractivity contribution in [1.82, 2.24) is 4.90 Å². The van der Waals surface area contributed by atoms with Crippen LogP contribution in [-0.2, 0) is 0 Å². The highest BCUT2D eigenvalue weighted by Gasteiger charge is 2.28. The second kappa shape index (κ2) is 6.07. The molecule has 2 aliphatic rings. The molecule has 2 aromatic carbocycles. The minimum Gasteiger partial charge on any atom is -0.497 e. The van der Waals surface area contributed by atoms with Crippen LogP contribution in [-0.4, -0.2) is 37.8 Å². The highest BCUT2D eigenvalue weighted by atomic mass is 16.7. The molecule has 0 spiro atoms. The van der Waals surface area contributed by atoms with Crippen LogP contribution in [0.5, 0.6) is 17.2 Å². The lowest BCUT2D eigenvalue weighted by Crippen LogP contribution is -2.28. The predicted molar refractivity (Wildman–Crippen MR) is 88.8 cm³/mol. The highest BCUT2D eigenvalue weighted by Crippen LogP contribution is 2.34. The first-order chi connectivity index (χ1) is 11.7. The van der Waals surface area contributed by atoms with Crippen LogP contribution in [0.15, 0.2) is 42.5 Å². The summed E-state index contributed by atoms with van der Waals surface area (Å²) >= 11 is 0. The quantitative estimate of drug-likeness (QED) is 0.870. The van der Waals surface area contributed by atoms with Crippen molar-refractivity contribution < 1.29 is 19.0 Å². The summed E-state index contributed by atoms with van der Waals surface area (Å²) in [5.74, 6) is 2.61. The standard InChI is InChI=1S/C19H19NO4/c1-22-16-5-2-13(3-6-16)15-8-9-20(11-15)19(21)14-4-7-17-18(10-14)24-12-23-17/h2-7,10,15H,8-9,11-12H2,1H3/t15-/m1/s1. The molecule has 1 atom stereocenters. The first-order valence-electron chi connectivity index (χ1n) is 8.07. The molecule has 0 aromatic heterocycles. The molecule has 0 bridgehead atoms. The maximum atomic E-state index is 12.7. The fourth-order valence-electron chi connectivity index (χ4n) is 3.31. The molecule has 5 nitrogen and oxygen atoms in total. The molecule has 0 saturated carbocycles. The van der Waals surface area contributed by atoms with Gasteiger partial charge in [0.1, 0.15) is 5.75 Å². The summed E-state index contributed by atoms with van der Waals surface area (Å²) in [6, 6.07) is 13.5. The van der Waals surface area contributed by atoms with Gasteiger partial charge in [-0.05, 0) is 42.3 Å². The molecule has 2 aromatic rings. The SMILES string of the molecule is COc1ccc([C@@H]2CCN(C(=O)c3ccc4c(c3)OCO4)C2)cc1. The van der Waals surface area contributed by atoms with E-state index in [0.29, 0.717) is 23.0 Å². The van der Waals surface area contributed by atoms with E-state index in [1.807, 2.05) is 17.0 Å². The van der Waals surface area contributed by atoms with E-state index in [1.54, 1.807) is 25.3 Å². The average molecular weight is 325 g/mol. The highest BCUT2D eigenvalue weighted by molar-refractivity contribution is 5.95. The van der Waals surface area contributed by atoms with Crippen molar-refractivity contribution in [3.8, 4) is 17.2 Å². The first kappa shape index (κ1) is 14.9. The van der Waals surface area contributed by atoms with Crippen LogP contribution < -0.4 is 14.2 Å². The van der Waals surface area contributed by atoms with Crippen molar-refractivity contribution in [3.63, 3.8) is 0 Å². The Bertz CT molecular complexity index is 756. The number of hydrogen-bond donors (Lipinski definition) is 0. The molecular weight excluding hydrogens is 306 g/mol. The summed E-state index contributed by atoms with van der Waals surface area (Å²) in [4.78, 5) is 14.6. The van der Waals surface area contributed by atoms with Crippen molar-refractivity contribution in [1.29, 1.82) is 0 Å². The molecule has 2 heterocycles.